The lowest BCUT2D eigenvalue weighted by Crippen LogP contribution is -2.24. The number of benzene rings is 2. The van der Waals surface area contributed by atoms with E-state index in [4.69, 9.17) is 4.42 Å². The molecule has 4 rings (SSSR count). The van der Waals surface area contributed by atoms with Gasteiger partial charge in [-0.2, -0.15) is 0 Å². The van der Waals surface area contributed by atoms with Crippen LogP contribution in [0, 0.1) is 5.82 Å². The van der Waals surface area contributed by atoms with Gasteiger partial charge in [-0.1, -0.05) is 30.3 Å². The van der Waals surface area contributed by atoms with Gasteiger partial charge in [-0.25, -0.2) is 14.2 Å². The Morgan fingerprint density at radius 2 is 2.00 bits per heavy atom. The lowest BCUT2D eigenvalue weighted by molar-refractivity contribution is 0.0694. The maximum absolute atomic E-state index is 13.1. The van der Waals surface area contributed by atoms with Crippen LogP contribution in [0.25, 0.3) is 0 Å². The topological polar surface area (TPSA) is 66.6 Å². The van der Waals surface area contributed by atoms with Gasteiger partial charge in [0, 0.05) is 13.0 Å². The standard InChI is InChI=1S/C22H21FN2O3/c23-17-9-7-15(8-10-17)12-18-13-24-21(28-18)20-6-3-11-25(20)14-16-4-1-2-5-19(16)22(26)27/h1-2,4-5,7-10,13,20H,3,6,11-12,14H2,(H,26,27)/t20-/m1/s1. The molecule has 0 unspecified atom stereocenters. The highest BCUT2D eigenvalue weighted by Gasteiger charge is 2.30. The first-order valence-electron chi connectivity index (χ1n) is 9.34. The molecule has 1 aliphatic heterocycles. The Morgan fingerprint density at radius 3 is 2.79 bits per heavy atom. The number of rotatable bonds is 6. The Kier molecular flexibility index (Phi) is 5.21. The van der Waals surface area contributed by atoms with Crippen molar-refractivity contribution in [3.05, 3.63) is 88.9 Å². The highest BCUT2D eigenvalue weighted by atomic mass is 19.1. The fraction of sp³-hybridized carbons (Fsp3) is 0.273. The Bertz CT molecular complexity index is 968. The molecule has 1 fully saturated rings. The highest BCUT2D eigenvalue weighted by Crippen LogP contribution is 2.33. The van der Waals surface area contributed by atoms with Crippen molar-refractivity contribution in [1.82, 2.24) is 9.88 Å². The Morgan fingerprint density at radius 1 is 1.21 bits per heavy atom. The number of likely N-dealkylation sites (tertiary alicyclic amines) is 1. The molecule has 1 N–H and O–H groups in total. The zero-order valence-electron chi connectivity index (χ0n) is 15.3. The lowest BCUT2D eigenvalue weighted by atomic mass is 10.1. The van der Waals surface area contributed by atoms with Crippen LogP contribution in [0.5, 0.6) is 0 Å². The van der Waals surface area contributed by atoms with E-state index in [1.807, 2.05) is 12.1 Å². The van der Waals surface area contributed by atoms with Crippen LogP contribution in [-0.4, -0.2) is 27.5 Å². The third-order valence-electron chi connectivity index (χ3n) is 5.13. The molecule has 0 saturated carbocycles. The maximum Gasteiger partial charge on any atom is 0.336 e. The molecule has 0 radical (unpaired) electrons. The molecule has 1 saturated heterocycles. The SMILES string of the molecule is O=C(O)c1ccccc1CN1CCC[C@@H]1c1ncc(Cc2ccc(F)cc2)o1. The molecule has 1 aliphatic rings. The summed E-state index contributed by atoms with van der Waals surface area (Å²) in [5.74, 6) is 0.219. The smallest absolute Gasteiger partial charge is 0.336 e. The van der Waals surface area contributed by atoms with Crippen molar-refractivity contribution in [2.75, 3.05) is 6.54 Å². The molecule has 1 aromatic heterocycles. The maximum atomic E-state index is 13.1. The normalized spacial score (nSPS) is 17.1. The second-order valence-corrected chi connectivity index (χ2v) is 7.06. The van der Waals surface area contributed by atoms with Crippen LogP contribution >= 0.6 is 0 Å². The average Bonchev–Trinajstić information content (AvgIpc) is 3.33. The quantitative estimate of drug-likeness (QED) is 0.685. The number of aromatic carboxylic acids is 1. The Balaban J connectivity index is 1.49. The summed E-state index contributed by atoms with van der Waals surface area (Å²) in [5.41, 5.74) is 2.08. The predicted octanol–water partition coefficient (Wildman–Crippen LogP) is 4.44. The number of halogens is 1. The Hall–Kier alpha value is -2.99. The second-order valence-electron chi connectivity index (χ2n) is 7.06. The van der Waals surface area contributed by atoms with E-state index in [1.54, 1.807) is 30.5 Å². The molecule has 2 heterocycles. The molecular formula is C22H21FN2O3. The zero-order chi connectivity index (χ0) is 19.5. The van der Waals surface area contributed by atoms with Crippen molar-refractivity contribution < 1.29 is 18.7 Å². The summed E-state index contributed by atoms with van der Waals surface area (Å²) < 4.78 is 19.0. The number of carbonyl (C=O) groups is 1. The van der Waals surface area contributed by atoms with E-state index in [-0.39, 0.29) is 11.9 Å². The minimum Gasteiger partial charge on any atom is -0.478 e. The van der Waals surface area contributed by atoms with Crippen molar-refractivity contribution >= 4 is 5.97 Å². The summed E-state index contributed by atoms with van der Waals surface area (Å²) >= 11 is 0. The highest BCUT2D eigenvalue weighted by molar-refractivity contribution is 5.89. The fourth-order valence-corrected chi connectivity index (χ4v) is 3.74. The van der Waals surface area contributed by atoms with Gasteiger partial charge in [0.1, 0.15) is 11.6 Å². The molecule has 0 spiro atoms. The summed E-state index contributed by atoms with van der Waals surface area (Å²) in [6.07, 6.45) is 4.21. The van der Waals surface area contributed by atoms with Gasteiger partial charge in [-0.3, -0.25) is 4.90 Å². The molecule has 0 bridgehead atoms. The van der Waals surface area contributed by atoms with E-state index in [9.17, 15) is 14.3 Å². The van der Waals surface area contributed by atoms with Crippen LogP contribution in [-0.2, 0) is 13.0 Å². The largest absolute Gasteiger partial charge is 0.478 e. The number of nitrogens with zero attached hydrogens (tertiary/aromatic N) is 2. The number of oxazole rings is 1. The Labute approximate surface area is 162 Å². The summed E-state index contributed by atoms with van der Waals surface area (Å²) in [5, 5.41) is 9.41. The number of hydrogen-bond donors (Lipinski definition) is 1. The monoisotopic (exact) mass is 380 g/mol. The van der Waals surface area contributed by atoms with Crippen LogP contribution in [0.15, 0.2) is 59.1 Å². The fourth-order valence-electron chi connectivity index (χ4n) is 3.74. The van der Waals surface area contributed by atoms with Gasteiger partial charge in [0.25, 0.3) is 0 Å². The van der Waals surface area contributed by atoms with Crippen LogP contribution in [0.4, 0.5) is 4.39 Å². The van der Waals surface area contributed by atoms with Crippen molar-refractivity contribution in [1.29, 1.82) is 0 Å². The lowest BCUT2D eigenvalue weighted by Gasteiger charge is -2.22. The van der Waals surface area contributed by atoms with E-state index >= 15 is 0 Å². The summed E-state index contributed by atoms with van der Waals surface area (Å²) in [4.78, 5) is 18.2. The van der Waals surface area contributed by atoms with Crippen molar-refractivity contribution in [2.24, 2.45) is 0 Å². The van der Waals surface area contributed by atoms with Crippen LogP contribution in [0.3, 0.4) is 0 Å². The number of carboxylic acids is 1. The summed E-state index contributed by atoms with van der Waals surface area (Å²) in [6.45, 7) is 1.41. The summed E-state index contributed by atoms with van der Waals surface area (Å²) in [7, 11) is 0. The predicted molar refractivity (Wildman–Crippen MR) is 101 cm³/mol. The molecule has 3 aromatic rings. The number of hydrogen-bond acceptors (Lipinski definition) is 4. The zero-order valence-corrected chi connectivity index (χ0v) is 15.3. The van der Waals surface area contributed by atoms with E-state index in [0.717, 1.165) is 36.3 Å². The first-order chi connectivity index (χ1) is 13.6. The van der Waals surface area contributed by atoms with Crippen molar-refractivity contribution in [3.8, 4) is 0 Å². The van der Waals surface area contributed by atoms with Gasteiger partial charge in [-0.05, 0) is 48.7 Å². The average molecular weight is 380 g/mol. The van der Waals surface area contributed by atoms with E-state index in [1.165, 1.54) is 12.1 Å². The van der Waals surface area contributed by atoms with Gasteiger partial charge in [-0.15, -0.1) is 0 Å². The minimum atomic E-state index is -0.913. The molecule has 28 heavy (non-hydrogen) atoms. The van der Waals surface area contributed by atoms with Gasteiger partial charge < -0.3 is 9.52 Å². The van der Waals surface area contributed by atoms with Crippen LogP contribution in [0.2, 0.25) is 0 Å². The van der Waals surface area contributed by atoms with Crippen LogP contribution < -0.4 is 0 Å². The third-order valence-corrected chi connectivity index (χ3v) is 5.13. The van der Waals surface area contributed by atoms with Gasteiger partial charge >= 0.3 is 5.97 Å². The minimum absolute atomic E-state index is 0.0313. The van der Waals surface area contributed by atoms with E-state index in [2.05, 4.69) is 9.88 Å². The van der Waals surface area contributed by atoms with E-state index < -0.39 is 5.97 Å². The first-order valence-corrected chi connectivity index (χ1v) is 9.34. The van der Waals surface area contributed by atoms with Crippen molar-refractivity contribution in [2.45, 2.75) is 31.8 Å². The first kappa shape index (κ1) is 18.4. The molecule has 144 valence electrons. The summed E-state index contributed by atoms with van der Waals surface area (Å²) in [6, 6.07) is 13.5. The molecular weight excluding hydrogens is 359 g/mol. The van der Waals surface area contributed by atoms with Gasteiger partial charge in [0.2, 0.25) is 5.89 Å². The molecule has 0 amide bonds. The van der Waals surface area contributed by atoms with Crippen molar-refractivity contribution in [3.63, 3.8) is 0 Å². The number of carboxylic acid groups (broad SMARTS) is 1. The van der Waals surface area contributed by atoms with Gasteiger partial charge in [0.05, 0.1) is 17.8 Å². The molecule has 2 aromatic carbocycles. The molecule has 0 aliphatic carbocycles. The molecule has 5 nitrogen and oxygen atoms in total. The second kappa shape index (κ2) is 7.94. The van der Waals surface area contributed by atoms with Gasteiger partial charge in [0.15, 0.2) is 0 Å². The number of aromatic nitrogens is 1. The molecule has 1 atom stereocenters. The van der Waals surface area contributed by atoms with Crippen LogP contribution in [0.1, 0.15) is 52.0 Å². The third kappa shape index (κ3) is 3.97. The van der Waals surface area contributed by atoms with E-state index in [0.29, 0.717) is 24.4 Å². The molecule has 6 heteroatoms.